The fourth-order valence-corrected chi connectivity index (χ4v) is 5.79. The molecule has 0 saturated heterocycles. The minimum atomic E-state index is -4.68. The zero-order valence-corrected chi connectivity index (χ0v) is 24.5. The molecule has 0 saturated carbocycles. The molecule has 45 heavy (non-hydrogen) atoms. The van der Waals surface area contributed by atoms with Gasteiger partial charge in [0, 0.05) is 28.6 Å². The van der Waals surface area contributed by atoms with Crippen molar-refractivity contribution >= 4 is 29.0 Å². The summed E-state index contributed by atoms with van der Waals surface area (Å²) >= 11 is 0. The van der Waals surface area contributed by atoms with Crippen LogP contribution < -0.4 is 9.80 Å². The van der Waals surface area contributed by atoms with Gasteiger partial charge in [0.1, 0.15) is 5.92 Å². The fourth-order valence-electron chi connectivity index (χ4n) is 5.79. The molecule has 6 nitrogen and oxygen atoms in total. The summed E-state index contributed by atoms with van der Waals surface area (Å²) in [6.45, 7) is 2.89. The molecule has 0 fully saturated rings. The molecule has 0 bridgehead atoms. The van der Waals surface area contributed by atoms with E-state index in [1.54, 1.807) is 42.5 Å². The molecule has 2 atom stereocenters. The van der Waals surface area contributed by atoms with E-state index in [2.05, 4.69) is 0 Å². The largest absolute Gasteiger partial charge is 0.416 e. The Kier molecular flexibility index (Phi) is 8.68. The first-order valence-electron chi connectivity index (χ1n) is 14.1. The van der Waals surface area contributed by atoms with Gasteiger partial charge in [-0.3, -0.25) is 19.3 Å². The highest BCUT2D eigenvalue weighted by Gasteiger charge is 2.49. The Labute approximate surface area is 258 Å². The maximum absolute atomic E-state index is 14.8. The molecule has 4 aromatic rings. The molecule has 2 unspecified atom stereocenters. The molecule has 1 aliphatic rings. The van der Waals surface area contributed by atoms with Crippen LogP contribution in [0.3, 0.4) is 0 Å². The number of carbonyl (C=O) groups excluding carboxylic acids is 3. The number of nitriles is 1. The molecule has 0 aromatic heterocycles. The Morgan fingerprint density at radius 3 is 2.09 bits per heavy atom. The zero-order valence-electron chi connectivity index (χ0n) is 24.5. The van der Waals surface area contributed by atoms with Crippen molar-refractivity contribution in [1.29, 1.82) is 5.26 Å². The second-order valence-corrected chi connectivity index (χ2v) is 10.7. The van der Waals surface area contributed by atoms with E-state index in [9.17, 15) is 32.8 Å². The average molecular weight is 608 g/mol. The predicted molar refractivity (Wildman–Crippen MR) is 164 cm³/mol. The standard InChI is InChI=1S/C36H28F3N3O3/c1-23-31(24(2)43)32(27-18-16-25(21-40)17-19-27)33(35(45)42(23)30-15-9-12-28(20-30)36(37,38)39)34(44)41(29-13-7-4-8-14-29)22-26-10-5-3-6-11-26/h3-20,32-33H,22H2,1-2H3. The molecule has 0 radical (unpaired) electrons. The van der Waals surface area contributed by atoms with Crippen LogP contribution in [-0.4, -0.2) is 17.6 Å². The molecule has 2 amide bonds. The van der Waals surface area contributed by atoms with E-state index in [1.165, 1.54) is 43.0 Å². The van der Waals surface area contributed by atoms with Crippen molar-refractivity contribution in [2.45, 2.75) is 32.5 Å². The number of hydrogen-bond donors (Lipinski definition) is 0. The number of ketones is 1. The number of halogens is 3. The van der Waals surface area contributed by atoms with E-state index in [4.69, 9.17) is 0 Å². The van der Waals surface area contributed by atoms with Crippen LogP contribution >= 0.6 is 0 Å². The van der Waals surface area contributed by atoms with Gasteiger partial charge in [-0.05, 0) is 67.4 Å². The topological polar surface area (TPSA) is 81.5 Å². The van der Waals surface area contributed by atoms with Gasteiger partial charge in [0.05, 0.1) is 23.7 Å². The maximum atomic E-state index is 14.8. The second-order valence-electron chi connectivity index (χ2n) is 10.7. The normalized spacial score (nSPS) is 16.7. The maximum Gasteiger partial charge on any atom is 0.416 e. The summed E-state index contributed by atoms with van der Waals surface area (Å²) in [5, 5.41) is 9.37. The third kappa shape index (κ3) is 6.27. The number of nitrogens with zero attached hydrogens (tertiary/aromatic N) is 3. The molecule has 1 aliphatic heterocycles. The fraction of sp³-hybridized carbons (Fsp3) is 0.167. The number of anilines is 2. The number of allylic oxidation sites excluding steroid dienone is 2. The lowest BCUT2D eigenvalue weighted by atomic mass is 9.73. The van der Waals surface area contributed by atoms with E-state index in [-0.39, 0.29) is 23.5 Å². The predicted octanol–water partition coefficient (Wildman–Crippen LogP) is 7.42. The van der Waals surface area contributed by atoms with Crippen molar-refractivity contribution in [3.63, 3.8) is 0 Å². The van der Waals surface area contributed by atoms with Crippen LogP contribution in [0.4, 0.5) is 24.5 Å². The van der Waals surface area contributed by atoms with Gasteiger partial charge < -0.3 is 4.90 Å². The lowest BCUT2D eigenvalue weighted by Gasteiger charge is -2.41. The highest BCUT2D eigenvalue weighted by Crippen LogP contribution is 2.44. The Bertz CT molecular complexity index is 1810. The molecule has 0 N–H and O–H groups in total. The number of alkyl halides is 3. The summed E-state index contributed by atoms with van der Waals surface area (Å²) in [5.74, 6) is -4.45. The first-order chi connectivity index (χ1) is 21.5. The summed E-state index contributed by atoms with van der Waals surface area (Å²) in [7, 11) is 0. The van der Waals surface area contributed by atoms with Gasteiger partial charge >= 0.3 is 6.18 Å². The van der Waals surface area contributed by atoms with Crippen LogP contribution in [0, 0.1) is 17.2 Å². The minimum absolute atomic E-state index is 0.0925. The van der Waals surface area contributed by atoms with Crippen LogP contribution in [0.2, 0.25) is 0 Å². The quantitative estimate of drug-likeness (QED) is 0.205. The van der Waals surface area contributed by atoms with Crippen molar-refractivity contribution in [2.75, 3.05) is 9.80 Å². The van der Waals surface area contributed by atoms with Crippen LogP contribution in [0.15, 0.2) is 120 Å². The molecular formula is C36H28F3N3O3. The average Bonchev–Trinajstić information content (AvgIpc) is 3.03. The first-order valence-corrected chi connectivity index (χ1v) is 14.1. The zero-order chi connectivity index (χ0) is 32.3. The summed E-state index contributed by atoms with van der Waals surface area (Å²) < 4.78 is 41.2. The lowest BCUT2D eigenvalue weighted by molar-refractivity contribution is -0.138. The van der Waals surface area contributed by atoms with Gasteiger partial charge in [-0.25, -0.2) is 0 Å². The van der Waals surface area contributed by atoms with Crippen LogP contribution in [-0.2, 0) is 27.1 Å². The third-order valence-corrected chi connectivity index (χ3v) is 7.85. The molecule has 226 valence electrons. The summed E-state index contributed by atoms with van der Waals surface area (Å²) in [6.07, 6.45) is -4.68. The monoisotopic (exact) mass is 607 g/mol. The number of amides is 2. The minimum Gasteiger partial charge on any atom is -0.307 e. The van der Waals surface area contributed by atoms with Crippen molar-refractivity contribution in [1.82, 2.24) is 0 Å². The van der Waals surface area contributed by atoms with Gasteiger partial charge in [0.2, 0.25) is 11.8 Å². The molecular weight excluding hydrogens is 579 g/mol. The number of hydrogen-bond acceptors (Lipinski definition) is 4. The van der Waals surface area contributed by atoms with E-state index >= 15 is 0 Å². The second kappa shape index (κ2) is 12.6. The Morgan fingerprint density at radius 1 is 0.889 bits per heavy atom. The van der Waals surface area contributed by atoms with E-state index in [0.29, 0.717) is 16.8 Å². The Hall–Kier alpha value is -5.49. The molecule has 1 heterocycles. The number of rotatable bonds is 7. The summed E-state index contributed by atoms with van der Waals surface area (Å²) in [6, 6.07) is 30.4. The Morgan fingerprint density at radius 2 is 1.51 bits per heavy atom. The highest BCUT2D eigenvalue weighted by molar-refractivity contribution is 6.18. The van der Waals surface area contributed by atoms with Crippen LogP contribution in [0.5, 0.6) is 0 Å². The molecule has 0 aliphatic carbocycles. The van der Waals surface area contributed by atoms with Gasteiger partial charge in [-0.2, -0.15) is 18.4 Å². The molecule has 9 heteroatoms. The first kappa shape index (κ1) is 31.0. The van der Waals surface area contributed by atoms with Crippen molar-refractivity contribution < 1.29 is 27.6 Å². The van der Waals surface area contributed by atoms with E-state index in [0.717, 1.165) is 22.6 Å². The van der Waals surface area contributed by atoms with Crippen LogP contribution in [0.25, 0.3) is 0 Å². The van der Waals surface area contributed by atoms with Crippen molar-refractivity contribution in [3.8, 4) is 6.07 Å². The van der Waals surface area contributed by atoms with Gasteiger partial charge in [0.15, 0.2) is 5.78 Å². The number of para-hydroxylation sites is 1. The van der Waals surface area contributed by atoms with Gasteiger partial charge in [-0.1, -0.05) is 66.7 Å². The van der Waals surface area contributed by atoms with Crippen molar-refractivity contribution in [2.24, 2.45) is 5.92 Å². The number of Topliss-reactive ketones (excluding diaryl/α,β-unsaturated/α-hetero) is 1. The van der Waals surface area contributed by atoms with Crippen LogP contribution in [0.1, 0.15) is 42.0 Å². The smallest absolute Gasteiger partial charge is 0.307 e. The van der Waals surface area contributed by atoms with Gasteiger partial charge in [0.25, 0.3) is 0 Å². The van der Waals surface area contributed by atoms with E-state index < -0.39 is 41.2 Å². The lowest BCUT2D eigenvalue weighted by Crippen LogP contribution is -2.52. The molecule has 4 aromatic carbocycles. The number of benzene rings is 4. The third-order valence-electron chi connectivity index (χ3n) is 7.85. The summed E-state index contributed by atoms with van der Waals surface area (Å²) in [4.78, 5) is 45.3. The Balaban J connectivity index is 1.74. The van der Waals surface area contributed by atoms with Crippen molar-refractivity contribution in [3.05, 3.63) is 143 Å². The van der Waals surface area contributed by atoms with E-state index in [1.807, 2.05) is 36.4 Å². The number of carbonyl (C=O) groups is 3. The summed E-state index contributed by atoms with van der Waals surface area (Å²) in [5.41, 5.74) is 1.21. The highest BCUT2D eigenvalue weighted by atomic mass is 19.4. The SMILES string of the molecule is CC(=O)C1=C(C)N(c2cccc(C(F)(F)F)c2)C(=O)C(C(=O)N(Cc2ccccc2)c2ccccc2)C1c1ccc(C#N)cc1. The molecule has 0 spiro atoms. The van der Waals surface area contributed by atoms with Gasteiger partial charge in [-0.15, -0.1) is 0 Å². The molecule has 5 rings (SSSR count).